The van der Waals surface area contributed by atoms with Crippen molar-refractivity contribution in [3.63, 3.8) is 0 Å². The van der Waals surface area contributed by atoms with Crippen LogP contribution >= 0.6 is 0 Å². The predicted octanol–water partition coefficient (Wildman–Crippen LogP) is 4.53. The molecule has 1 unspecified atom stereocenters. The Morgan fingerprint density at radius 1 is 0.833 bits per heavy atom. The molecule has 0 saturated carbocycles. The van der Waals surface area contributed by atoms with Gasteiger partial charge in [-0.05, 0) is 23.6 Å². The molecule has 0 aliphatic carbocycles. The first-order valence-corrected chi connectivity index (χ1v) is 10.3. The summed E-state index contributed by atoms with van der Waals surface area (Å²) < 4.78 is 5.16. The highest BCUT2D eigenvalue weighted by Gasteiger charge is 2.35. The van der Waals surface area contributed by atoms with Crippen LogP contribution in [0.4, 0.5) is 0 Å². The molecular weight excluding hydrogens is 374 g/mol. The summed E-state index contributed by atoms with van der Waals surface area (Å²) in [7, 11) is 0. The Labute approximate surface area is 178 Å². The van der Waals surface area contributed by atoms with E-state index in [9.17, 15) is 9.90 Å². The zero-order chi connectivity index (χ0) is 21.2. The Bertz CT molecular complexity index is 858. The summed E-state index contributed by atoms with van der Waals surface area (Å²) in [5.74, 6) is -0.400. The average Bonchev–Trinajstić information content (AvgIpc) is 2.76. The van der Waals surface area contributed by atoms with Crippen molar-refractivity contribution in [1.29, 1.82) is 0 Å². The van der Waals surface area contributed by atoms with Gasteiger partial charge in [-0.3, -0.25) is 9.69 Å². The quantitative estimate of drug-likeness (QED) is 0.505. The van der Waals surface area contributed by atoms with Gasteiger partial charge in [-0.1, -0.05) is 91.0 Å². The Hall–Kier alpha value is -2.95. The molecule has 0 amide bonds. The molecule has 3 rings (SSSR count). The van der Waals surface area contributed by atoms with E-state index in [0.29, 0.717) is 31.8 Å². The Morgan fingerprint density at radius 3 is 1.77 bits per heavy atom. The van der Waals surface area contributed by atoms with E-state index < -0.39 is 11.6 Å². The fourth-order valence-electron chi connectivity index (χ4n) is 3.67. The van der Waals surface area contributed by atoms with Crippen molar-refractivity contribution in [2.24, 2.45) is 0 Å². The molecule has 156 valence electrons. The van der Waals surface area contributed by atoms with Crippen molar-refractivity contribution in [1.82, 2.24) is 4.90 Å². The van der Waals surface area contributed by atoms with Crippen molar-refractivity contribution in [2.75, 3.05) is 13.2 Å². The van der Waals surface area contributed by atoms with Crippen molar-refractivity contribution in [3.8, 4) is 0 Å². The molecule has 0 radical (unpaired) electrons. The summed E-state index contributed by atoms with van der Waals surface area (Å²) in [6.45, 7) is 3.69. The number of aliphatic hydroxyl groups is 1. The average molecular weight is 404 g/mol. The van der Waals surface area contributed by atoms with Crippen LogP contribution in [0, 0.1) is 0 Å². The maximum absolute atomic E-state index is 12.3. The zero-order valence-corrected chi connectivity index (χ0v) is 17.4. The lowest BCUT2D eigenvalue weighted by molar-refractivity contribution is -0.150. The largest absolute Gasteiger partial charge is 0.466 e. The van der Waals surface area contributed by atoms with Crippen LogP contribution in [0.25, 0.3) is 0 Å². The molecule has 3 aromatic carbocycles. The molecule has 0 aliphatic heterocycles. The summed E-state index contributed by atoms with van der Waals surface area (Å²) in [5.41, 5.74) is 1.67. The van der Waals surface area contributed by atoms with Gasteiger partial charge in [0, 0.05) is 19.6 Å². The van der Waals surface area contributed by atoms with Gasteiger partial charge in [0.05, 0.1) is 13.0 Å². The van der Waals surface area contributed by atoms with E-state index in [1.54, 1.807) is 6.92 Å². The number of carbonyl (C=O) groups is 1. The van der Waals surface area contributed by atoms with Crippen molar-refractivity contribution < 1.29 is 14.6 Å². The second-order valence-corrected chi connectivity index (χ2v) is 7.50. The highest BCUT2D eigenvalue weighted by atomic mass is 16.5. The van der Waals surface area contributed by atoms with E-state index in [2.05, 4.69) is 29.2 Å². The Kier molecular flexibility index (Phi) is 7.77. The number of ether oxygens (including phenoxy) is 1. The van der Waals surface area contributed by atoms with Gasteiger partial charge in [0.15, 0.2) is 0 Å². The molecular formula is C26H29NO3. The molecule has 0 aliphatic rings. The van der Waals surface area contributed by atoms with Gasteiger partial charge in [-0.25, -0.2) is 0 Å². The molecule has 1 N–H and O–H groups in total. The van der Waals surface area contributed by atoms with Crippen LogP contribution in [0.3, 0.4) is 0 Å². The number of hydrogen-bond donors (Lipinski definition) is 1. The van der Waals surface area contributed by atoms with Crippen LogP contribution in [0.2, 0.25) is 0 Å². The molecule has 30 heavy (non-hydrogen) atoms. The van der Waals surface area contributed by atoms with Crippen LogP contribution in [0.1, 0.15) is 30.0 Å². The molecule has 0 aromatic heterocycles. The standard InChI is InChI=1S/C26H29NO3/c1-2-30-25(28)18-26(29,24-16-10-5-11-17-24)21-27(19-22-12-6-3-7-13-22)20-23-14-8-4-9-15-23/h3-17,29H,2,18-21H2,1H3. The minimum atomic E-state index is -1.35. The van der Waals surface area contributed by atoms with E-state index in [0.717, 1.165) is 11.1 Å². The van der Waals surface area contributed by atoms with E-state index in [1.165, 1.54) is 0 Å². The number of nitrogens with zero attached hydrogens (tertiary/aromatic N) is 1. The summed E-state index contributed by atoms with van der Waals surface area (Å²) in [4.78, 5) is 14.5. The second kappa shape index (κ2) is 10.7. The third-order valence-electron chi connectivity index (χ3n) is 5.04. The normalized spacial score (nSPS) is 13.0. The van der Waals surface area contributed by atoms with Gasteiger partial charge in [0.25, 0.3) is 0 Å². The first-order valence-electron chi connectivity index (χ1n) is 10.3. The third kappa shape index (κ3) is 6.28. The van der Waals surface area contributed by atoms with Gasteiger partial charge in [-0.15, -0.1) is 0 Å². The van der Waals surface area contributed by atoms with E-state index in [-0.39, 0.29) is 6.42 Å². The highest BCUT2D eigenvalue weighted by molar-refractivity contribution is 5.71. The lowest BCUT2D eigenvalue weighted by Gasteiger charge is -2.34. The van der Waals surface area contributed by atoms with Crippen LogP contribution in [0.15, 0.2) is 91.0 Å². The molecule has 4 nitrogen and oxygen atoms in total. The van der Waals surface area contributed by atoms with Gasteiger partial charge >= 0.3 is 5.97 Å². The number of rotatable bonds is 10. The van der Waals surface area contributed by atoms with E-state index in [4.69, 9.17) is 4.74 Å². The SMILES string of the molecule is CCOC(=O)CC(O)(CN(Cc1ccccc1)Cc1ccccc1)c1ccccc1. The summed E-state index contributed by atoms with van der Waals surface area (Å²) in [5, 5.41) is 11.7. The summed E-state index contributed by atoms with van der Waals surface area (Å²) in [6, 6.07) is 29.7. The molecule has 0 fully saturated rings. The fourth-order valence-corrected chi connectivity index (χ4v) is 3.67. The van der Waals surface area contributed by atoms with Gasteiger partial charge in [0.2, 0.25) is 0 Å². The summed E-state index contributed by atoms with van der Waals surface area (Å²) in [6.07, 6.45) is -0.0923. The van der Waals surface area contributed by atoms with Crippen LogP contribution in [-0.2, 0) is 28.2 Å². The van der Waals surface area contributed by atoms with Crippen LogP contribution < -0.4 is 0 Å². The van der Waals surface area contributed by atoms with Crippen LogP contribution in [0.5, 0.6) is 0 Å². The van der Waals surface area contributed by atoms with Crippen LogP contribution in [-0.4, -0.2) is 29.1 Å². The number of carbonyl (C=O) groups excluding carboxylic acids is 1. The molecule has 0 heterocycles. The maximum atomic E-state index is 12.3. The minimum absolute atomic E-state index is 0.0923. The minimum Gasteiger partial charge on any atom is -0.466 e. The highest BCUT2D eigenvalue weighted by Crippen LogP contribution is 2.28. The van der Waals surface area contributed by atoms with Gasteiger partial charge in [-0.2, -0.15) is 0 Å². The number of benzene rings is 3. The maximum Gasteiger partial charge on any atom is 0.309 e. The fraction of sp³-hybridized carbons (Fsp3) is 0.269. The first kappa shape index (κ1) is 21.8. The van der Waals surface area contributed by atoms with Crippen molar-refractivity contribution in [3.05, 3.63) is 108 Å². The molecule has 0 saturated heterocycles. The van der Waals surface area contributed by atoms with Gasteiger partial charge < -0.3 is 9.84 Å². The number of hydrogen-bond acceptors (Lipinski definition) is 4. The number of esters is 1. The molecule has 0 spiro atoms. The second-order valence-electron chi connectivity index (χ2n) is 7.50. The Balaban J connectivity index is 1.89. The van der Waals surface area contributed by atoms with E-state index in [1.807, 2.05) is 66.7 Å². The van der Waals surface area contributed by atoms with E-state index >= 15 is 0 Å². The summed E-state index contributed by atoms with van der Waals surface area (Å²) >= 11 is 0. The predicted molar refractivity (Wildman–Crippen MR) is 119 cm³/mol. The smallest absolute Gasteiger partial charge is 0.309 e. The Morgan fingerprint density at radius 2 is 1.30 bits per heavy atom. The molecule has 4 heteroatoms. The first-order chi connectivity index (χ1) is 14.6. The van der Waals surface area contributed by atoms with Crippen molar-refractivity contribution >= 4 is 5.97 Å². The molecule has 0 bridgehead atoms. The lowest BCUT2D eigenvalue weighted by atomic mass is 9.89. The molecule has 3 aromatic rings. The van der Waals surface area contributed by atoms with Crippen molar-refractivity contribution in [2.45, 2.75) is 32.0 Å². The zero-order valence-electron chi connectivity index (χ0n) is 17.4. The lowest BCUT2D eigenvalue weighted by Crippen LogP contribution is -2.42. The molecule has 1 atom stereocenters. The topological polar surface area (TPSA) is 49.8 Å². The monoisotopic (exact) mass is 403 g/mol. The van der Waals surface area contributed by atoms with Gasteiger partial charge in [0.1, 0.15) is 5.60 Å². The third-order valence-corrected chi connectivity index (χ3v) is 5.04.